The van der Waals surface area contributed by atoms with Crippen molar-refractivity contribution in [3.8, 4) is 0 Å². The van der Waals surface area contributed by atoms with Gasteiger partial charge >= 0.3 is 5.97 Å². The molecule has 0 aliphatic carbocycles. The lowest BCUT2D eigenvalue weighted by atomic mass is 10.1. The minimum atomic E-state index is -1.02. The number of nitrogens with zero attached hydrogens (tertiary/aromatic N) is 3. The molecule has 8 heteroatoms. The van der Waals surface area contributed by atoms with Gasteiger partial charge in [-0.2, -0.15) is 0 Å². The first-order valence-electron chi connectivity index (χ1n) is 5.07. The summed E-state index contributed by atoms with van der Waals surface area (Å²) in [5.74, 6) is -1.02. The van der Waals surface area contributed by atoms with E-state index in [1.54, 1.807) is 0 Å². The SMILES string of the molecule is NCCC(N)CC(N)C(=O)O.c1ncncn1. The monoisotopic (exact) mass is 242 g/mol. The summed E-state index contributed by atoms with van der Waals surface area (Å²) in [4.78, 5) is 20.9. The van der Waals surface area contributed by atoms with Gasteiger partial charge in [0.05, 0.1) is 0 Å². The predicted octanol–water partition coefficient (Wildman–Crippen LogP) is -1.66. The summed E-state index contributed by atoms with van der Waals surface area (Å²) in [7, 11) is 0. The van der Waals surface area contributed by atoms with Gasteiger partial charge in [-0.15, -0.1) is 0 Å². The molecule has 0 saturated heterocycles. The topological polar surface area (TPSA) is 154 Å². The lowest BCUT2D eigenvalue weighted by Crippen LogP contribution is -2.38. The average Bonchev–Trinajstić information content (AvgIpc) is 2.32. The fraction of sp³-hybridized carbons (Fsp3) is 0.556. The van der Waals surface area contributed by atoms with E-state index in [-0.39, 0.29) is 12.5 Å². The van der Waals surface area contributed by atoms with Crippen molar-refractivity contribution in [2.24, 2.45) is 17.2 Å². The molecule has 2 unspecified atom stereocenters. The summed E-state index contributed by atoms with van der Waals surface area (Å²) >= 11 is 0. The van der Waals surface area contributed by atoms with Crippen LogP contribution < -0.4 is 17.2 Å². The van der Waals surface area contributed by atoms with Gasteiger partial charge in [-0.05, 0) is 19.4 Å². The molecule has 0 radical (unpaired) electrons. The zero-order valence-electron chi connectivity index (χ0n) is 9.44. The van der Waals surface area contributed by atoms with E-state index in [9.17, 15) is 4.79 Å². The Labute approximate surface area is 99.3 Å². The smallest absolute Gasteiger partial charge is 0.320 e. The van der Waals surface area contributed by atoms with Crippen LogP contribution in [-0.2, 0) is 4.79 Å². The molecule has 1 aromatic rings. The van der Waals surface area contributed by atoms with E-state index >= 15 is 0 Å². The Morgan fingerprint density at radius 3 is 1.94 bits per heavy atom. The number of aromatic nitrogens is 3. The van der Waals surface area contributed by atoms with Crippen molar-refractivity contribution >= 4 is 5.97 Å². The third-order valence-corrected chi connectivity index (χ3v) is 1.81. The highest BCUT2D eigenvalue weighted by atomic mass is 16.4. The van der Waals surface area contributed by atoms with Crippen LogP contribution in [0.5, 0.6) is 0 Å². The third kappa shape index (κ3) is 9.30. The Balaban J connectivity index is 0.000000354. The summed E-state index contributed by atoms with van der Waals surface area (Å²) in [5, 5.41) is 8.39. The number of carboxylic acid groups (broad SMARTS) is 1. The molecule has 0 aliphatic heterocycles. The Hall–Kier alpha value is -1.64. The molecule has 0 spiro atoms. The molecule has 2 atom stereocenters. The molecule has 0 fully saturated rings. The van der Waals surface area contributed by atoms with E-state index < -0.39 is 12.0 Å². The quantitative estimate of drug-likeness (QED) is 0.478. The molecule has 1 aromatic heterocycles. The van der Waals surface area contributed by atoms with E-state index in [0.29, 0.717) is 13.0 Å². The van der Waals surface area contributed by atoms with Crippen LogP contribution in [0.3, 0.4) is 0 Å². The summed E-state index contributed by atoms with van der Waals surface area (Å²) in [6.07, 6.45) is 5.21. The lowest BCUT2D eigenvalue weighted by molar-refractivity contribution is -0.138. The predicted molar refractivity (Wildman–Crippen MR) is 61.7 cm³/mol. The molecule has 1 rings (SSSR count). The number of rotatable bonds is 5. The minimum absolute atomic E-state index is 0.203. The van der Waals surface area contributed by atoms with E-state index in [0.717, 1.165) is 0 Å². The average molecular weight is 242 g/mol. The number of carbonyl (C=O) groups is 1. The molecule has 0 amide bonds. The molecule has 7 N–H and O–H groups in total. The standard InChI is InChI=1S/C6H15N3O2.C3H3N3/c7-2-1-4(8)3-5(9)6(10)11;1-4-2-6-3-5-1/h4-5H,1-3,7-9H2,(H,10,11);1-3H. The molecule has 17 heavy (non-hydrogen) atoms. The Morgan fingerprint density at radius 1 is 1.18 bits per heavy atom. The second kappa shape index (κ2) is 9.58. The van der Waals surface area contributed by atoms with E-state index in [2.05, 4.69) is 15.0 Å². The van der Waals surface area contributed by atoms with Crippen LogP contribution in [0.15, 0.2) is 19.0 Å². The lowest BCUT2D eigenvalue weighted by Gasteiger charge is -2.12. The summed E-state index contributed by atoms with van der Waals surface area (Å²) in [6.45, 7) is 0.466. The van der Waals surface area contributed by atoms with Gasteiger partial charge in [0.1, 0.15) is 25.0 Å². The molecule has 8 nitrogen and oxygen atoms in total. The molecule has 0 bridgehead atoms. The normalized spacial score (nSPS) is 13.1. The molecule has 0 saturated carbocycles. The summed E-state index contributed by atoms with van der Waals surface area (Å²) in [5.41, 5.74) is 15.9. The van der Waals surface area contributed by atoms with E-state index in [4.69, 9.17) is 22.3 Å². The van der Waals surface area contributed by atoms with Crippen molar-refractivity contribution in [1.29, 1.82) is 0 Å². The molecular formula is C9H18N6O2. The summed E-state index contributed by atoms with van der Waals surface area (Å²) < 4.78 is 0. The van der Waals surface area contributed by atoms with Crippen molar-refractivity contribution in [2.75, 3.05) is 6.54 Å². The van der Waals surface area contributed by atoms with Crippen LogP contribution in [0, 0.1) is 0 Å². The van der Waals surface area contributed by atoms with Crippen LogP contribution in [-0.4, -0.2) is 44.7 Å². The fourth-order valence-corrected chi connectivity index (χ4v) is 0.964. The second-order valence-corrected chi connectivity index (χ2v) is 3.31. The van der Waals surface area contributed by atoms with Crippen LogP contribution in [0.1, 0.15) is 12.8 Å². The van der Waals surface area contributed by atoms with E-state index in [1.807, 2.05) is 0 Å². The number of nitrogens with two attached hydrogens (primary N) is 3. The Kier molecular flexibility index (Phi) is 8.65. The molecule has 0 aromatic carbocycles. The van der Waals surface area contributed by atoms with Crippen LogP contribution in [0.2, 0.25) is 0 Å². The zero-order valence-corrected chi connectivity index (χ0v) is 9.44. The first kappa shape index (κ1) is 15.4. The van der Waals surface area contributed by atoms with Gasteiger partial charge in [0.2, 0.25) is 0 Å². The van der Waals surface area contributed by atoms with Gasteiger partial charge in [-0.3, -0.25) is 4.79 Å². The van der Waals surface area contributed by atoms with Gasteiger partial charge < -0.3 is 22.3 Å². The van der Waals surface area contributed by atoms with Crippen LogP contribution in [0.25, 0.3) is 0 Å². The maximum atomic E-state index is 10.2. The number of hydrogen-bond acceptors (Lipinski definition) is 7. The third-order valence-electron chi connectivity index (χ3n) is 1.81. The molecule has 1 heterocycles. The number of hydrogen-bond donors (Lipinski definition) is 4. The van der Waals surface area contributed by atoms with Crippen molar-refractivity contribution in [2.45, 2.75) is 24.9 Å². The van der Waals surface area contributed by atoms with Gasteiger partial charge in [-0.25, -0.2) is 15.0 Å². The molecular weight excluding hydrogens is 224 g/mol. The Morgan fingerprint density at radius 2 is 1.65 bits per heavy atom. The van der Waals surface area contributed by atoms with Crippen molar-refractivity contribution in [3.05, 3.63) is 19.0 Å². The van der Waals surface area contributed by atoms with Gasteiger partial charge in [0, 0.05) is 6.04 Å². The maximum absolute atomic E-state index is 10.2. The number of aliphatic carboxylic acids is 1. The van der Waals surface area contributed by atoms with Crippen LogP contribution >= 0.6 is 0 Å². The number of carboxylic acids is 1. The highest BCUT2D eigenvalue weighted by molar-refractivity contribution is 5.73. The largest absolute Gasteiger partial charge is 0.480 e. The fourth-order valence-electron chi connectivity index (χ4n) is 0.964. The maximum Gasteiger partial charge on any atom is 0.320 e. The highest BCUT2D eigenvalue weighted by Crippen LogP contribution is 1.96. The van der Waals surface area contributed by atoms with Gasteiger partial charge in [0.25, 0.3) is 0 Å². The summed E-state index contributed by atoms with van der Waals surface area (Å²) in [6, 6.07) is -1.07. The highest BCUT2D eigenvalue weighted by Gasteiger charge is 2.14. The molecule has 0 aliphatic rings. The Bertz CT molecular complexity index is 270. The van der Waals surface area contributed by atoms with Crippen molar-refractivity contribution in [1.82, 2.24) is 15.0 Å². The van der Waals surface area contributed by atoms with Crippen molar-refractivity contribution < 1.29 is 9.90 Å². The van der Waals surface area contributed by atoms with Crippen molar-refractivity contribution in [3.63, 3.8) is 0 Å². The molecule has 96 valence electrons. The minimum Gasteiger partial charge on any atom is -0.480 e. The second-order valence-electron chi connectivity index (χ2n) is 3.31. The van der Waals surface area contributed by atoms with Crippen LogP contribution in [0.4, 0.5) is 0 Å². The first-order valence-corrected chi connectivity index (χ1v) is 5.07. The van der Waals surface area contributed by atoms with Gasteiger partial charge in [0.15, 0.2) is 0 Å². The van der Waals surface area contributed by atoms with Gasteiger partial charge in [-0.1, -0.05) is 0 Å². The van der Waals surface area contributed by atoms with E-state index in [1.165, 1.54) is 19.0 Å². The first-order chi connectivity index (χ1) is 8.07. The zero-order chi connectivity index (χ0) is 13.1.